The Labute approximate surface area is 131 Å². The summed E-state index contributed by atoms with van der Waals surface area (Å²) >= 11 is 0. The monoisotopic (exact) mass is 304 g/mol. The third-order valence-corrected chi connectivity index (χ3v) is 3.92. The number of ether oxygens (including phenoxy) is 1. The van der Waals surface area contributed by atoms with Crippen LogP contribution < -0.4 is 10.1 Å². The summed E-state index contributed by atoms with van der Waals surface area (Å²) < 4.78 is 5.08. The minimum atomic E-state index is -0.131. The van der Waals surface area contributed by atoms with Crippen LogP contribution in [0.3, 0.4) is 0 Å². The van der Waals surface area contributed by atoms with Crippen LogP contribution >= 0.6 is 0 Å². The topological polar surface area (TPSA) is 58.6 Å². The third kappa shape index (κ3) is 5.06. The molecule has 1 saturated heterocycles. The maximum Gasteiger partial charge on any atom is 0.241 e. The van der Waals surface area contributed by atoms with Crippen LogP contribution in [0.25, 0.3) is 0 Å². The molecule has 0 aromatic heterocycles. The second kappa shape index (κ2) is 8.41. The summed E-state index contributed by atoms with van der Waals surface area (Å²) in [5, 5.41) is 2.72. The molecule has 0 unspecified atom stereocenters. The lowest BCUT2D eigenvalue weighted by molar-refractivity contribution is -0.132. The van der Waals surface area contributed by atoms with Gasteiger partial charge < -0.3 is 15.0 Å². The number of carbonyl (C=O) groups is 2. The zero-order valence-corrected chi connectivity index (χ0v) is 13.1. The Balaban J connectivity index is 1.75. The maximum absolute atomic E-state index is 12.1. The SMILES string of the molecule is COc1ccc(CC(=O)NCC(=O)N2CCCCCC2)cc1. The Bertz CT molecular complexity index is 491. The van der Waals surface area contributed by atoms with Crippen LogP contribution in [0.2, 0.25) is 0 Å². The van der Waals surface area contributed by atoms with Crippen molar-refractivity contribution >= 4 is 11.8 Å². The van der Waals surface area contributed by atoms with Crippen molar-refractivity contribution in [1.29, 1.82) is 0 Å². The molecule has 5 heteroatoms. The van der Waals surface area contributed by atoms with E-state index in [1.807, 2.05) is 29.2 Å². The number of hydrogen-bond acceptors (Lipinski definition) is 3. The van der Waals surface area contributed by atoms with Crippen molar-refractivity contribution in [3.63, 3.8) is 0 Å². The van der Waals surface area contributed by atoms with E-state index in [1.165, 1.54) is 12.8 Å². The van der Waals surface area contributed by atoms with E-state index in [4.69, 9.17) is 4.74 Å². The number of methoxy groups -OCH3 is 1. The van der Waals surface area contributed by atoms with Gasteiger partial charge in [-0.3, -0.25) is 9.59 Å². The Morgan fingerprint density at radius 1 is 1.09 bits per heavy atom. The number of nitrogens with one attached hydrogen (secondary N) is 1. The van der Waals surface area contributed by atoms with Crippen molar-refractivity contribution in [2.75, 3.05) is 26.7 Å². The molecule has 1 N–H and O–H groups in total. The summed E-state index contributed by atoms with van der Waals surface area (Å²) in [6.07, 6.45) is 4.77. The first-order valence-electron chi connectivity index (χ1n) is 7.86. The Morgan fingerprint density at radius 2 is 1.73 bits per heavy atom. The van der Waals surface area contributed by atoms with Crippen molar-refractivity contribution in [3.8, 4) is 5.75 Å². The summed E-state index contributed by atoms with van der Waals surface area (Å²) in [5.74, 6) is 0.652. The molecular formula is C17H24N2O3. The van der Waals surface area contributed by atoms with Crippen molar-refractivity contribution in [2.24, 2.45) is 0 Å². The number of carbonyl (C=O) groups excluding carboxylic acids is 2. The van der Waals surface area contributed by atoms with E-state index in [0.29, 0.717) is 0 Å². The molecule has 0 saturated carbocycles. The van der Waals surface area contributed by atoms with Gasteiger partial charge in [-0.15, -0.1) is 0 Å². The first kappa shape index (κ1) is 16.3. The highest BCUT2D eigenvalue weighted by molar-refractivity contribution is 5.85. The van der Waals surface area contributed by atoms with Gasteiger partial charge in [0.15, 0.2) is 0 Å². The molecule has 0 spiro atoms. The first-order chi connectivity index (χ1) is 10.7. The fourth-order valence-electron chi connectivity index (χ4n) is 2.60. The molecule has 120 valence electrons. The summed E-state index contributed by atoms with van der Waals surface area (Å²) in [6.45, 7) is 1.72. The molecule has 0 bridgehead atoms. The Hall–Kier alpha value is -2.04. The highest BCUT2D eigenvalue weighted by atomic mass is 16.5. The number of likely N-dealkylation sites (tertiary alicyclic amines) is 1. The van der Waals surface area contributed by atoms with E-state index in [9.17, 15) is 9.59 Å². The predicted molar refractivity (Wildman–Crippen MR) is 84.8 cm³/mol. The molecule has 1 aliphatic rings. The normalized spacial score (nSPS) is 15.0. The molecule has 1 aromatic carbocycles. The minimum Gasteiger partial charge on any atom is -0.497 e. The number of benzene rings is 1. The summed E-state index contributed by atoms with van der Waals surface area (Å²) in [6, 6.07) is 7.36. The van der Waals surface area contributed by atoms with E-state index < -0.39 is 0 Å². The molecule has 0 atom stereocenters. The van der Waals surface area contributed by atoms with Crippen LogP contribution in [0.1, 0.15) is 31.2 Å². The van der Waals surface area contributed by atoms with Crippen LogP contribution in [0.4, 0.5) is 0 Å². The maximum atomic E-state index is 12.1. The fraction of sp³-hybridized carbons (Fsp3) is 0.529. The molecule has 1 heterocycles. The zero-order chi connectivity index (χ0) is 15.8. The van der Waals surface area contributed by atoms with Gasteiger partial charge >= 0.3 is 0 Å². The highest BCUT2D eigenvalue weighted by Crippen LogP contribution is 2.12. The quantitative estimate of drug-likeness (QED) is 0.901. The number of amides is 2. The smallest absolute Gasteiger partial charge is 0.241 e. The molecule has 2 amide bonds. The summed E-state index contributed by atoms with van der Waals surface area (Å²) in [4.78, 5) is 25.9. The standard InChI is InChI=1S/C17H24N2O3/c1-22-15-8-6-14(7-9-15)12-16(20)18-13-17(21)19-10-4-2-3-5-11-19/h6-9H,2-5,10-13H2,1H3,(H,18,20). The van der Waals surface area contributed by atoms with Gasteiger partial charge in [0.1, 0.15) is 5.75 Å². The second-order valence-corrected chi connectivity index (χ2v) is 5.60. The third-order valence-electron chi connectivity index (χ3n) is 3.92. The lowest BCUT2D eigenvalue weighted by Crippen LogP contribution is -2.41. The lowest BCUT2D eigenvalue weighted by atomic mass is 10.1. The van der Waals surface area contributed by atoms with E-state index in [0.717, 1.165) is 37.2 Å². The summed E-state index contributed by atoms with van der Waals surface area (Å²) in [7, 11) is 1.61. The predicted octanol–water partition coefficient (Wildman–Crippen LogP) is 1.76. The Morgan fingerprint density at radius 3 is 2.32 bits per heavy atom. The molecule has 1 aliphatic heterocycles. The van der Waals surface area contributed by atoms with Gasteiger partial charge in [0.25, 0.3) is 0 Å². The average Bonchev–Trinajstić information content (AvgIpc) is 2.82. The molecule has 0 aliphatic carbocycles. The van der Waals surface area contributed by atoms with Gasteiger partial charge in [0, 0.05) is 13.1 Å². The lowest BCUT2D eigenvalue weighted by Gasteiger charge is -2.20. The van der Waals surface area contributed by atoms with Gasteiger partial charge in [-0.05, 0) is 30.5 Å². The number of rotatable bonds is 5. The molecule has 2 rings (SSSR count). The van der Waals surface area contributed by atoms with Crippen molar-refractivity contribution < 1.29 is 14.3 Å². The van der Waals surface area contributed by atoms with Gasteiger partial charge in [-0.25, -0.2) is 0 Å². The molecular weight excluding hydrogens is 280 g/mol. The number of nitrogens with zero attached hydrogens (tertiary/aromatic N) is 1. The largest absolute Gasteiger partial charge is 0.497 e. The van der Waals surface area contributed by atoms with Gasteiger partial charge in [0.2, 0.25) is 11.8 Å². The van der Waals surface area contributed by atoms with E-state index >= 15 is 0 Å². The van der Waals surface area contributed by atoms with Gasteiger partial charge in [0.05, 0.1) is 20.1 Å². The molecule has 1 aromatic rings. The number of hydrogen-bond donors (Lipinski definition) is 1. The van der Waals surface area contributed by atoms with Crippen molar-refractivity contribution in [2.45, 2.75) is 32.1 Å². The van der Waals surface area contributed by atoms with Gasteiger partial charge in [-0.1, -0.05) is 25.0 Å². The van der Waals surface area contributed by atoms with Gasteiger partial charge in [-0.2, -0.15) is 0 Å². The second-order valence-electron chi connectivity index (χ2n) is 5.60. The van der Waals surface area contributed by atoms with E-state index in [-0.39, 0.29) is 24.8 Å². The summed E-state index contributed by atoms with van der Waals surface area (Å²) in [5.41, 5.74) is 0.903. The minimum absolute atomic E-state index is 0.0185. The molecule has 22 heavy (non-hydrogen) atoms. The fourth-order valence-corrected chi connectivity index (χ4v) is 2.60. The molecule has 5 nitrogen and oxygen atoms in total. The van der Waals surface area contributed by atoms with Crippen molar-refractivity contribution in [3.05, 3.63) is 29.8 Å². The van der Waals surface area contributed by atoms with E-state index in [1.54, 1.807) is 7.11 Å². The Kier molecular flexibility index (Phi) is 6.25. The van der Waals surface area contributed by atoms with Crippen molar-refractivity contribution in [1.82, 2.24) is 10.2 Å². The van der Waals surface area contributed by atoms with Crippen LogP contribution in [0.15, 0.2) is 24.3 Å². The zero-order valence-electron chi connectivity index (χ0n) is 13.1. The highest BCUT2D eigenvalue weighted by Gasteiger charge is 2.16. The van der Waals surface area contributed by atoms with E-state index in [2.05, 4.69) is 5.32 Å². The van der Waals surface area contributed by atoms with Crippen LogP contribution in [0, 0.1) is 0 Å². The van der Waals surface area contributed by atoms with Crippen LogP contribution in [-0.2, 0) is 16.0 Å². The van der Waals surface area contributed by atoms with Crippen LogP contribution in [0.5, 0.6) is 5.75 Å². The average molecular weight is 304 g/mol. The molecule has 0 radical (unpaired) electrons. The first-order valence-corrected chi connectivity index (χ1v) is 7.86. The van der Waals surface area contributed by atoms with Crippen LogP contribution in [-0.4, -0.2) is 43.5 Å². The molecule has 1 fully saturated rings.